The van der Waals surface area contributed by atoms with Gasteiger partial charge >= 0.3 is 18.0 Å². The molecule has 2 aliphatic heterocycles. The molecule has 0 spiro atoms. The molecule has 2 N–H and O–H groups in total. The Kier molecular flexibility index (Phi) is 8.97. The number of hydrogen-bond donors (Lipinski definition) is 2. The van der Waals surface area contributed by atoms with Crippen LogP contribution in [0, 0.1) is 0 Å². The van der Waals surface area contributed by atoms with Crippen LogP contribution in [0.4, 0.5) is 9.59 Å². The van der Waals surface area contributed by atoms with Crippen molar-refractivity contribution < 1.29 is 23.9 Å². The zero-order chi connectivity index (χ0) is 25.5. The monoisotopic (exact) mass is 487 g/mol. The van der Waals surface area contributed by atoms with Crippen LogP contribution in [0.25, 0.3) is 0 Å². The van der Waals surface area contributed by atoms with Crippen LogP contribution in [-0.2, 0) is 9.53 Å². The average molecular weight is 488 g/mol. The summed E-state index contributed by atoms with van der Waals surface area (Å²) in [7, 11) is 1.58. The summed E-state index contributed by atoms with van der Waals surface area (Å²) in [5.41, 5.74) is 1.79. The number of nitrogens with one attached hydrogen (secondary N) is 2. The number of likely N-dealkylation sites (N-methyl/N-ethyl adjacent to an activating group) is 1. The molecule has 2 heterocycles. The Morgan fingerprint density at radius 2 is 1.89 bits per heavy atom. The maximum Gasteiger partial charge on any atom is 0.338 e. The van der Waals surface area contributed by atoms with Crippen molar-refractivity contribution in [2.24, 2.45) is 0 Å². The Morgan fingerprint density at radius 3 is 2.49 bits per heavy atom. The quantitative estimate of drug-likeness (QED) is 0.546. The number of carbonyl (C=O) groups is 3. The van der Waals surface area contributed by atoms with Gasteiger partial charge in [-0.15, -0.1) is 0 Å². The Morgan fingerprint density at radius 1 is 1.17 bits per heavy atom. The summed E-state index contributed by atoms with van der Waals surface area (Å²) < 4.78 is 10.8. The van der Waals surface area contributed by atoms with Gasteiger partial charge in [0.2, 0.25) is 0 Å². The molecule has 0 saturated carbocycles. The topological polar surface area (TPSA) is 103 Å². The molecular weight excluding hydrogens is 450 g/mol. The largest absolute Gasteiger partial charge is 0.497 e. The van der Waals surface area contributed by atoms with E-state index in [0.29, 0.717) is 56.3 Å². The first-order valence-electron chi connectivity index (χ1n) is 12.2. The minimum absolute atomic E-state index is 0.0728. The van der Waals surface area contributed by atoms with E-state index in [1.807, 2.05) is 45.0 Å². The maximum atomic E-state index is 13.2. The van der Waals surface area contributed by atoms with Crippen molar-refractivity contribution in [1.29, 1.82) is 0 Å². The smallest absolute Gasteiger partial charge is 0.338 e. The molecule has 1 aromatic rings. The van der Waals surface area contributed by atoms with Crippen LogP contribution >= 0.6 is 0 Å². The Balaban J connectivity index is 1.92. The van der Waals surface area contributed by atoms with E-state index >= 15 is 0 Å². The third kappa shape index (κ3) is 6.25. The number of carbonyl (C=O) groups excluding carboxylic acids is 3. The average Bonchev–Trinajstić information content (AvgIpc) is 2.84. The van der Waals surface area contributed by atoms with E-state index in [0.717, 1.165) is 5.56 Å². The Bertz CT molecular complexity index is 955. The SMILES string of the molecule is CCOC(=O)C1=C(CN2CCN(C(=O)NC(C)C)CC2)N(CC)C(=O)N[C@H]1c1cccc(OC)c1. The molecule has 0 unspecified atom stereocenters. The van der Waals surface area contributed by atoms with Gasteiger partial charge in [-0.25, -0.2) is 14.4 Å². The van der Waals surface area contributed by atoms with E-state index in [-0.39, 0.29) is 24.7 Å². The Hall–Kier alpha value is -3.27. The van der Waals surface area contributed by atoms with Crippen LogP contribution < -0.4 is 15.4 Å². The molecule has 0 bridgehead atoms. The predicted molar refractivity (Wildman–Crippen MR) is 132 cm³/mol. The molecular formula is C25H37N5O5. The molecule has 0 radical (unpaired) electrons. The molecule has 1 saturated heterocycles. The number of ether oxygens (including phenoxy) is 2. The number of benzene rings is 1. The van der Waals surface area contributed by atoms with Gasteiger partial charge in [-0.05, 0) is 45.4 Å². The van der Waals surface area contributed by atoms with Crippen molar-refractivity contribution in [3.63, 3.8) is 0 Å². The van der Waals surface area contributed by atoms with Crippen LogP contribution in [0.1, 0.15) is 39.3 Å². The first-order chi connectivity index (χ1) is 16.8. The zero-order valence-electron chi connectivity index (χ0n) is 21.3. The minimum Gasteiger partial charge on any atom is -0.497 e. The van der Waals surface area contributed by atoms with E-state index in [9.17, 15) is 14.4 Å². The van der Waals surface area contributed by atoms with Gasteiger partial charge in [-0.1, -0.05) is 12.1 Å². The molecule has 0 aromatic heterocycles. The third-order valence-electron chi connectivity index (χ3n) is 6.12. The molecule has 1 aromatic carbocycles. The van der Waals surface area contributed by atoms with E-state index in [1.165, 1.54) is 0 Å². The van der Waals surface area contributed by atoms with Gasteiger partial charge in [0.05, 0.1) is 25.3 Å². The first kappa shape index (κ1) is 26.3. The molecule has 192 valence electrons. The highest BCUT2D eigenvalue weighted by molar-refractivity contribution is 5.95. The Labute approximate surface area is 207 Å². The summed E-state index contributed by atoms with van der Waals surface area (Å²) in [4.78, 5) is 44.3. The van der Waals surface area contributed by atoms with E-state index < -0.39 is 12.0 Å². The minimum atomic E-state index is -0.660. The third-order valence-corrected chi connectivity index (χ3v) is 6.12. The highest BCUT2D eigenvalue weighted by Crippen LogP contribution is 2.33. The van der Waals surface area contributed by atoms with Gasteiger partial charge in [-0.2, -0.15) is 0 Å². The fraction of sp³-hybridized carbons (Fsp3) is 0.560. The van der Waals surface area contributed by atoms with E-state index in [1.54, 1.807) is 23.8 Å². The predicted octanol–water partition coefficient (Wildman–Crippen LogP) is 2.33. The zero-order valence-corrected chi connectivity index (χ0v) is 21.3. The fourth-order valence-electron chi connectivity index (χ4n) is 4.39. The lowest BCUT2D eigenvalue weighted by Gasteiger charge is -2.40. The van der Waals surface area contributed by atoms with Gasteiger partial charge in [0.25, 0.3) is 0 Å². The van der Waals surface area contributed by atoms with Gasteiger partial charge in [-0.3, -0.25) is 9.80 Å². The lowest BCUT2D eigenvalue weighted by atomic mass is 9.94. The van der Waals surface area contributed by atoms with E-state index in [2.05, 4.69) is 15.5 Å². The van der Waals surface area contributed by atoms with Crippen molar-refractivity contribution in [2.75, 3.05) is 53.0 Å². The van der Waals surface area contributed by atoms with Crippen molar-refractivity contribution in [3.8, 4) is 5.75 Å². The molecule has 2 aliphatic rings. The summed E-state index contributed by atoms with van der Waals surface area (Å²) in [6.07, 6.45) is 0. The summed E-state index contributed by atoms with van der Waals surface area (Å²) in [6.45, 7) is 10.9. The molecule has 3 rings (SSSR count). The van der Waals surface area contributed by atoms with Gasteiger partial charge in [0.15, 0.2) is 0 Å². The number of esters is 1. The molecule has 1 fully saturated rings. The highest BCUT2D eigenvalue weighted by atomic mass is 16.5. The number of hydrogen-bond acceptors (Lipinski definition) is 6. The summed E-state index contributed by atoms with van der Waals surface area (Å²) in [5, 5.41) is 5.90. The number of rotatable bonds is 8. The van der Waals surface area contributed by atoms with Gasteiger partial charge in [0.1, 0.15) is 5.75 Å². The van der Waals surface area contributed by atoms with Crippen LogP contribution in [0.2, 0.25) is 0 Å². The first-order valence-corrected chi connectivity index (χ1v) is 12.2. The summed E-state index contributed by atoms with van der Waals surface area (Å²) in [6, 6.07) is 6.40. The molecule has 10 nitrogen and oxygen atoms in total. The number of piperazine rings is 1. The summed E-state index contributed by atoms with van der Waals surface area (Å²) in [5.74, 6) is 0.180. The molecule has 0 aliphatic carbocycles. The lowest BCUT2D eigenvalue weighted by molar-refractivity contribution is -0.139. The highest BCUT2D eigenvalue weighted by Gasteiger charge is 2.38. The van der Waals surface area contributed by atoms with Crippen molar-refractivity contribution in [1.82, 2.24) is 25.3 Å². The molecule has 10 heteroatoms. The van der Waals surface area contributed by atoms with Crippen molar-refractivity contribution >= 4 is 18.0 Å². The van der Waals surface area contributed by atoms with Crippen LogP contribution in [0.5, 0.6) is 5.75 Å². The maximum absolute atomic E-state index is 13.2. The number of nitrogens with zero attached hydrogens (tertiary/aromatic N) is 3. The van der Waals surface area contributed by atoms with Gasteiger partial charge in [0, 0.05) is 51.0 Å². The number of urea groups is 2. The van der Waals surface area contributed by atoms with Crippen molar-refractivity contribution in [3.05, 3.63) is 41.1 Å². The summed E-state index contributed by atoms with van der Waals surface area (Å²) >= 11 is 0. The normalized spacial score (nSPS) is 19.0. The standard InChI is InChI=1S/C25H37N5O5/c1-6-30-20(16-28-11-13-29(14-12-28)24(32)26-17(3)4)21(23(31)35-7-2)22(27-25(30)33)18-9-8-10-19(15-18)34-5/h8-10,15,17,22H,6-7,11-14,16H2,1-5H3,(H,26,32)(H,27,33)/t22-/m0/s1. The second kappa shape index (κ2) is 11.9. The van der Waals surface area contributed by atoms with Crippen LogP contribution in [0.3, 0.4) is 0 Å². The fourth-order valence-corrected chi connectivity index (χ4v) is 4.39. The molecule has 1 atom stereocenters. The molecule has 4 amide bonds. The molecule has 35 heavy (non-hydrogen) atoms. The van der Waals surface area contributed by atoms with Crippen LogP contribution in [-0.4, -0.2) is 91.8 Å². The lowest BCUT2D eigenvalue weighted by Crippen LogP contribution is -2.55. The number of amides is 4. The van der Waals surface area contributed by atoms with Crippen molar-refractivity contribution in [2.45, 2.75) is 39.8 Å². The second-order valence-electron chi connectivity index (χ2n) is 8.85. The van der Waals surface area contributed by atoms with Crippen LogP contribution in [0.15, 0.2) is 35.5 Å². The van der Waals surface area contributed by atoms with Gasteiger partial charge < -0.3 is 25.0 Å². The number of methoxy groups -OCH3 is 1. The second-order valence-corrected chi connectivity index (χ2v) is 8.85. The van der Waals surface area contributed by atoms with E-state index in [4.69, 9.17) is 9.47 Å².